The minimum atomic E-state index is -0.240. The summed E-state index contributed by atoms with van der Waals surface area (Å²) in [5.74, 6) is 0.302. The molecular weight excluding hydrogens is 265 g/mol. The first-order chi connectivity index (χ1) is 10.2. The average Bonchev–Trinajstić information content (AvgIpc) is 2.94. The van der Waals surface area contributed by atoms with Crippen molar-refractivity contribution in [2.75, 3.05) is 12.4 Å². The molecule has 0 amide bonds. The lowest BCUT2D eigenvalue weighted by molar-refractivity contribution is 0.410. The van der Waals surface area contributed by atoms with Crippen molar-refractivity contribution in [2.24, 2.45) is 0 Å². The molecule has 3 heteroatoms. The summed E-state index contributed by atoms with van der Waals surface area (Å²) in [4.78, 5) is 0. The Bertz CT molecular complexity index is 654. The molecule has 1 atom stereocenters. The number of aryl methyl sites for hydroxylation is 2. The summed E-state index contributed by atoms with van der Waals surface area (Å²) >= 11 is 0. The normalized spacial score (nSPS) is 14.6. The van der Waals surface area contributed by atoms with Gasteiger partial charge < -0.3 is 10.1 Å². The van der Waals surface area contributed by atoms with Gasteiger partial charge in [0.25, 0.3) is 0 Å². The quantitative estimate of drug-likeness (QED) is 0.893. The fourth-order valence-corrected chi connectivity index (χ4v) is 2.98. The minimum Gasteiger partial charge on any atom is -0.497 e. The lowest BCUT2D eigenvalue weighted by atomic mass is 10.1. The van der Waals surface area contributed by atoms with Gasteiger partial charge >= 0.3 is 0 Å². The highest BCUT2D eigenvalue weighted by atomic mass is 19.1. The fraction of sp³-hybridized carbons (Fsp3) is 0.333. The van der Waals surface area contributed by atoms with Crippen LogP contribution in [0.15, 0.2) is 36.4 Å². The molecule has 2 aromatic carbocycles. The Labute approximate surface area is 125 Å². The average molecular weight is 285 g/mol. The largest absolute Gasteiger partial charge is 0.497 e. The summed E-state index contributed by atoms with van der Waals surface area (Å²) in [6.07, 6.45) is 3.57. The number of halogens is 1. The molecule has 0 saturated carbocycles. The lowest BCUT2D eigenvalue weighted by Crippen LogP contribution is -2.09. The van der Waals surface area contributed by atoms with E-state index in [0.717, 1.165) is 12.1 Å². The van der Waals surface area contributed by atoms with E-state index in [1.165, 1.54) is 30.0 Å². The maximum Gasteiger partial charge on any atom is 0.132 e. The Hall–Kier alpha value is -2.03. The molecule has 2 nitrogen and oxygen atoms in total. The van der Waals surface area contributed by atoms with Crippen LogP contribution in [0, 0.1) is 5.82 Å². The van der Waals surface area contributed by atoms with E-state index in [0.29, 0.717) is 11.3 Å². The number of benzene rings is 2. The Morgan fingerprint density at radius 3 is 2.67 bits per heavy atom. The van der Waals surface area contributed by atoms with Gasteiger partial charge in [0.2, 0.25) is 0 Å². The molecule has 1 aliphatic rings. The smallest absolute Gasteiger partial charge is 0.132 e. The van der Waals surface area contributed by atoms with Crippen molar-refractivity contribution in [1.29, 1.82) is 0 Å². The first kappa shape index (κ1) is 13.9. The maximum absolute atomic E-state index is 14.1. The summed E-state index contributed by atoms with van der Waals surface area (Å²) in [6.45, 7) is 1.97. The second-order valence-corrected chi connectivity index (χ2v) is 5.59. The number of hydrogen-bond acceptors (Lipinski definition) is 2. The SMILES string of the molecule is COc1ccc(C(C)Nc2ccc3c(c2)CCC3)c(F)c1. The van der Waals surface area contributed by atoms with Gasteiger partial charge in [0, 0.05) is 17.3 Å². The lowest BCUT2D eigenvalue weighted by Gasteiger charge is -2.17. The number of ether oxygens (including phenoxy) is 1. The van der Waals surface area contributed by atoms with E-state index < -0.39 is 0 Å². The van der Waals surface area contributed by atoms with E-state index in [2.05, 4.69) is 23.5 Å². The Kier molecular flexibility index (Phi) is 3.82. The first-order valence-electron chi connectivity index (χ1n) is 7.39. The molecule has 0 spiro atoms. The highest BCUT2D eigenvalue weighted by Crippen LogP contribution is 2.28. The number of anilines is 1. The van der Waals surface area contributed by atoms with E-state index in [1.54, 1.807) is 19.2 Å². The minimum absolute atomic E-state index is 0.0876. The zero-order valence-electron chi connectivity index (χ0n) is 12.4. The number of methoxy groups -OCH3 is 1. The summed E-state index contributed by atoms with van der Waals surface area (Å²) in [7, 11) is 1.54. The van der Waals surface area contributed by atoms with Gasteiger partial charge in [0.1, 0.15) is 11.6 Å². The third-order valence-corrected chi connectivity index (χ3v) is 4.16. The number of fused-ring (bicyclic) bond motifs is 1. The topological polar surface area (TPSA) is 21.3 Å². The van der Waals surface area contributed by atoms with Crippen LogP contribution in [-0.4, -0.2) is 7.11 Å². The summed E-state index contributed by atoms with van der Waals surface area (Å²) in [6, 6.07) is 11.4. The van der Waals surface area contributed by atoms with Gasteiger partial charge in [-0.25, -0.2) is 4.39 Å². The predicted octanol–water partition coefficient (Wildman–Crippen LogP) is 4.50. The van der Waals surface area contributed by atoms with Crippen LogP contribution in [0.25, 0.3) is 0 Å². The molecule has 0 saturated heterocycles. The zero-order chi connectivity index (χ0) is 14.8. The van der Waals surface area contributed by atoms with Crippen LogP contribution >= 0.6 is 0 Å². The molecular formula is C18H20FNO. The molecule has 3 rings (SSSR count). The van der Waals surface area contributed by atoms with E-state index in [4.69, 9.17) is 4.74 Å². The molecule has 110 valence electrons. The fourth-order valence-electron chi connectivity index (χ4n) is 2.98. The van der Waals surface area contributed by atoms with E-state index >= 15 is 0 Å². The molecule has 21 heavy (non-hydrogen) atoms. The van der Waals surface area contributed by atoms with Gasteiger partial charge in [0.15, 0.2) is 0 Å². The molecule has 0 radical (unpaired) electrons. The number of hydrogen-bond donors (Lipinski definition) is 1. The predicted molar refractivity (Wildman–Crippen MR) is 83.5 cm³/mol. The summed E-state index contributed by atoms with van der Waals surface area (Å²) in [5.41, 5.74) is 4.57. The number of nitrogens with one attached hydrogen (secondary N) is 1. The number of rotatable bonds is 4. The van der Waals surface area contributed by atoms with Crippen molar-refractivity contribution in [1.82, 2.24) is 0 Å². The van der Waals surface area contributed by atoms with Gasteiger partial charge in [0.05, 0.1) is 13.2 Å². The third kappa shape index (κ3) is 2.87. The van der Waals surface area contributed by atoms with E-state index in [-0.39, 0.29) is 11.9 Å². The van der Waals surface area contributed by atoms with Crippen LogP contribution in [0.2, 0.25) is 0 Å². The highest BCUT2D eigenvalue weighted by Gasteiger charge is 2.14. The van der Waals surface area contributed by atoms with E-state index in [9.17, 15) is 4.39 Å². The molecule has 0 fully saturated rings. The maximum atomic E-state index is 14.1. The van der Waals surface area contributed by atoms with Gasteiger partial charge in [-0.1, -0.05) is 12.1 Å². The molecule has 0 bridgehead atoms. The van der Waals surface area contributed by atoms with Crippen LogP contribution in [0.4, 0.5) is 10.1 Å². The second kappa shape index (κ2) is 5.76. The molecule has 0 aliphatic heterocycles. The molecule has 1 N–H and O–H groups in total. The van der Waals surface area contributed by atoms with Crippen LogP contribution < -0.4 is 10.1 Å². The van der Waals surface area contributed by atoms with Gasteiger partial charge in [-0.3, -0.25) is 0 Å². The van der Waals surface area contributed by atoms with Crippen LogP contribution in [0.1, 0.15) is 36.1 Å². The van der Waals surface area contributed by atoms with Gasteiger partial charge in [-0.2, -0.15) is 0 Å². The molecule has 0 aromatic heterocycles. The van der Waals surface area contributed by atoms with Gasteiger partial charge in [-0.05, 0) is 55.5 Å². The first-order valence-corrected chi connectivity index (χ1v) is 7.39. The monoisotopic (exact) mass is 285 g/mol. The highest BCUT2D eigenvalue weighted by molar-refractivity contribution is 5.51. The summed E-state index contributed by atoms with van der Waals surface area (Å²) < 4.78 is 19.1. The molecule has 2 aromatic rings. The third-order valence-electron chi connectivity index (χ3n) is 4.16. The standard InChI is InChI=1S/C18H20FNO/c1-12(17-9-8-16(21-2)11-18(17)19)20-15-7-6-13-4-3-5-14(13)10-15/h6-12,20H,3-5H2,1-2H3. The van der Waals surface area contributed by atoms with Crippen LogP contribution in [0.5, 0.6) is 5.75 Å². The van der Waals surface area contributed by atoms with Crippen LogP contribution in [-0.2, 0) is 12.8 Å². The van der Waals surface area contributed by atoms with Crippen molar-refractivity contribution in [3.8, 4) is 5.75 Å². The Morgan fingerprint density at radius 2 is 1.90 bits per heavy atom. The summed E-state index contributed by atoms with van der Waals surface area (Å²) in [5, 5.41) is 3.39. The molecule has 1 unspecified atom stereocenters. The van der Waals surface area contributed by atoms with Crippen molar-refractivity contribution < 1.29 is 9.13 Å². The van der Waals surface area contributed by atoms with Crippen molar-refractivity contribution >= 4 is 5.69 Å². The molecule has 1 aliphatic carbocycles. The van der Waals surface area contributed by atoms with Gasteiger partial charge in [-0.15, -0.1) is 0 Å². The molecule has 0 heterocycles. The Morgan fingerprint density at radius 1 is 1.10 bits per heavy atom. The van der Waals surface area contributed by atoms with Crippen molar-refractivity contribution in [3.63, 3.8) is 0 Å². The van der Waals surface area contributed by atoms with E-state index in [1.807, 2.05) is 6.92 Å². The van der Waals surface area contributed by atoms with Crippen molar-refractivity contribution in [2.45, 2.75) is 32.2 Å². The zero-order valence-corrected chi connectivity index (χ0v) is 12.4. The Balaban J connectivity index is 1.78. The second-order valence-electron chi connectivity index (χ2n) is 5.59. The van der Waals surface area contributed by atoms with Crippen LogP contribution in [0.3, 0.4) is 0 Å². The van der Waals surface area contributed by atoms with Crippen molar-refractivity contribution in [3.05, 3.63) is 58.9 Å².